The van der Waals surface area contributed by atoms with E-state index in [4.69, 9.17) is 4.42 Å². The Morgan fingerprint density at radius 2 is 1.78 bits per heavy atom. The molecule has 32 heavy (non-hydrogen) atoms. The van der Waals surface area contributed by atoms with E-state index in [-0.39, 0.29) is 23.5 Å². The van der Waals surface area contributed by atoms with Crippen LogP contribution < -0.4 is 5.32 Å². The Balaban J connectivity index is 1.36. The molecule has 1 aliphatic rings. The van der Waals surface area contributed by atoms with Crippen molar-refractivity contribution in [1.29, 1.82) is 0 Å². The summed E-state index contributed by atoms with van der Waals surface area (Å²) in [4.78, 5) is 15.0. The number of furan rings is 1. The van der Waals surface area contributed by atoms with Crippen molar-refractivity contribution >= 4 is 5.91 Å². The number of carbonyl (C=O) groups excluding carboxylic acids is 1. The topological polar surface area (TPSA) is 45.5 Å². The Bertz CT molecular complexity index is 1070. The highest BCUT2D eigenvalue weighted by atomic mass is 19.4. The van der Waals surface area contributed by atoms with Crippen molar-refractivity contribution in [3.63, 3.8) is 0 Å². The average molecular weight is 442 g/mol. The molecule has 0 radical (unpaired) electrons. The molecule has 0 unspecified atom stereocenters. The number of carbonyl (C=O) groups is 1. The molecule has 2 aromatic carbocycles. The molecule has 1 saturated heterocycles. The SMILES string of the molecule is Cc1ccc(C(F)(F)F)cc1-c1ccc(C(=O)NC2CCN(Cc3ccccc3)CC2)o1. The third kappa shape index (κ3) is 5.22. The van der Waals surface area contributed by atoms with E-state index in [2.05, 4.69) is 22.3 Å². The predicted molar refractivity (Wildman–Crippen MR) is 116 cm³/mol. The Labute approximate surface area is 185 Å². The number of amides is 1. The molecular weight excluding hydrogens is 417 g/mol. The predicted octanol–water partition coefficient (Wildman–Crippen LogP) is 5.67. The Kier molecular flexibility index (Phi) is 6.37. The summed E-state index contributed by atoms with van der Waals surface area (Å²) in [7, 11) is 0. The van der Waals surface area contributed by atoms with Gasteiger partial charge in [-0.1, -0.05) is 36.4 Å². The zero-order chi connectivity index (χ0) is 22.7. The van der Waals surface area contributed by atoms with Gasteiger partial charge in [-0.05, 0) is 55.2 Å². The number of rotatable bonds is 5. The number of benzene rings is 2. The van der Waals surface area contributed by atoms with Crippen LogP contribution in [-0.4, -0.2) is 29.9 Å². The molecule has 1 aliphatic heterocycles. The Morgan fingerprint density at radius 3 is 2.47 bits per heavy atom. The minimum Gasteiger partial charge on any atom is -0.451 e. The molecular formula is C25H25F3N2O2. The second-order valence-electron chi connectivity index (χ2n) is 8.20. The first-order valence-electron chi connectivity index (χ1n) is 10.6. The largest absolute Gasteiger partial charge is 0.451 e. The van der Waals surface area contributed by atoms with Crippen LogP contribution in [0.25, 0.3) is 11.3 Å². The number of nitrogens with one attached hydrogen (secondary N) is 1. The molecule has 0 atom stereocenters. The van der Waals surface area contributed by atoms with E-state index in [0.717, 1.165) is 44.6 Å². The van der Waals surface area contributed by atoms with Gasteiger partial charge in [0, 0.05) is 31.2 Å². The van der Waals surface area contributed by atoms with E-state index in [0.29, 0.717) is 11.1 Å². The molecule has 7 heteroatoms. The molecule has 2 heterocycles. The zero-order valence-electron chi connectivity index (χ0n) is 17.8. The molecule has 1 N–H and O–H groups in total. The molecule has 4 rings (SSSR count). The van der Waals surface area contributed by atoms with Gasteiger partial charge in [-0.2, -0.15) is 13.2 Å². The maximum atomic E-state index is 13.1. The first kappa shape index (κ1) is 22.1. The van der Waals surface area contributed by atoms with Crippen LogP contribution in [0.15, 0.2) is 65.1 Å². The summed E-state index contributed by atoms with van der Waals surface area (Å²) in [6.45, 7) is 4.36. The second-order valence-corrected chi connectivity index (χ2v) is 8.20. The van der Waals surface area contributed by atoms with Crippen molar-refractivity contribution in [3.8, 4) is 11.3 Å². The van der Waals surface area contributed by atoms with Gasteiger partial charge in [-0.25, -0.2) is 0 Å². The van der Waals surface area contributed by atoms with Crippen LogP contribution in [0.1, 0.15) is 40.1 Å². The van der Waals surface area contributed by atoms with Crippen molar-refractivity contribution in [2.45, 2.75) is 38.5 Å². The molecule has 1 amide bonds. The first-order valence-corrected chi connectivity index (χ1v) is 10.6. The van der Waals surface area contributed by atoms with Gasteiger partial charge in [-0.15, -0.1) is 0 Å². The van der Waals surface area contributed by atoms with Gasteiger partial charge < -0.3 is 9.73 Å². The number of piperidine rings is 1. The van der Waals surface area contributed by atoms with Crippen LogP contribution in [0.2, 0.25) is 0 Å². The minimum absolute atomic E-state index is 0.0402. The van der Waals surface area contributed by atoms with Crippen LogP contribution >= 0.6 is 0 Å². The maximum Gasteiger partial charge on any atom is 0.416 e. The number of hydrogen-bond acceptors (Lipinski definition) is 3. The normalized spacial score (nSPS) is 15.6. The van der Waals surface area contributed by atoms with E-state index in [1.54, 1.807) is 13.0 Å². The number of halogens is 3. The summed E-state index contributed by atoms with van der Waals surface area (Å²) in [5.74, 6) is 0.00217. The lowest BCUT2D eigenvalue weighted by Crippen LogP contribution is -2.44. The molecule has 4 nitrogen and oxygen atoms in total. The standard InChI is InChI=1S/C25H25F3N2O2/c1-17-7-8-19(25(26,27)28)15-21(17)22-9-10-23(32-22)24(31)29-20-11-13-30(14-12-20)16-18-5-3-2-4-6-18/h2-10,15,20H,11-14,16H2,1H3,(H,29,31). The van der Waals surface area contributed by atoms with Crippen molar-refractivity contribution in [2.75, 3.05) is 13.1 Å². The summed E-state index contributed by atoms with van der Waals surface area (Å²) in [6, 6.07) is 16.9. The van der Waals surface area contributed by atoms with Crippen LogP contribution in [0.5, 0.6) is 0 Å². The van der Waals surface area contributed by atoms with E-state index in [1.165, 1.54) is 17.7 Å². The van der Waals surface area contributed by atoms with Gasteiger partial charge >= 0.3 is 6.18 Å². The summed E-state index contributed by atoms with van der Waals surface area (Å²) in [6.07, 6.45) is -2.78. The highest BCUT2D eigenvalue weighted by molar-refractivity contribution is 5.92. The van der Waals surface area contributed by atoms with Crippen LogP contribution in [0.3, 0.4) is 0 Å². The summed E-state index contributed by atoms with van der Waals surface area (Å²) in [5, 5.41) is 3.00. The van der Waals surface area contributed by atoms with Crippen molar-refractivity contribution in [3.05, 3.63) is 83.1 Å². The summed E-state index contributed by atoms with van der Waals surface area (Å²) < 4.78 is 44.8. The van der Waals surface area contributed by atoms with Gasteiger partial charge in [0.2, 0.25) is 0 Å². The lowest BCUT2D eigenvalue weighted by Gasteiger charge is -2.32. The molecule has 3 aromatic rings. The summed E-state index contributed by atoms with van der Waals surface area (Å²) in [5.41, 5.74) is 1.49. The molecule has 1 fully saturated rings. The molecule has 0 bridgehead atoms. The third-order valence-corrected chi connectivity index (χ3v) is 5.83. The van der Waals surface area contributed by atoms with E-state index in [1.807, 2.05) is 18.2 Å². The lowest BCUT2D eigenvalue weighted by molar-refractivity contribution is -0.137. The summed E-state index contributed by atoms with van der Waals surface area (Å²) >= 11 is 0. The van der Waals surface area contributed by atoms with Gasteiger partial charge in [0.15, 0.2) is 5.76 Å². The van der Waals surface area contributed by atoms with Gasteiger partial charge in [0.1, 0.15) is 5.76 Å². The smallest absolute Gasteiger partial charge is 0.416 e. The first-order chi connectivity index (χ1) is 15.3. The fourth-order valence-corrected chi connectivity index (χ4v) is 4.00. The van der Waals surface area contributed by atoms with Crippen molar-refractivity contribution < 1.29 is 22.4 Å². The lowest BCUT2D eigenvalue weighted by atomic mass is 10.0. The number of likely N-dealkylation sites (tertiary alicyclic amines) is 1. The zero-order valence-corrected chi connectivity index (χ0v) is 17.8. The van der Waals surface area contributed by atoms with Gasteiger partial charge in [-0.3, -0.25) is 9.69 Å². The molecule has 168 valence electrons. The maximum absolute atomic E-state index is 13.1. The Morgan fingerprint density at radius 1 is 1.06 bits per heavy atom. The van der Waals surface area contributed by atoms with Crippen molar-refractivity contribution in [1.82, 2.24) is 10.2 Å². The van der Waals surface area contributed by atoms with Crippen LogP contribution in [0.4, 0.5) is 13.2 Å². The van der Waals surface area contributed by atoms with Crippen LogP contribution in [-0.2, 0) is 12.7 Å². The number of aryl methyl sites for hydroxylation is 1. The molecule has 0 spiro atoms. The fraction of sp³-hybridized carbons (Fsp3) is 0.320. The quantitative estimate of drug-likeness (QED) is 0.554. The monoisotopic (exact) mass is 442 g/mol. The highest BCUT2D eigenvalue weighted by Crippen LogP contribution is 2.34. The third-order valence-electron chi connectivity index (χ3n) is 5.83. The second kappa shape index (κ2) is 9.20. The number of nitrogens with zero attached hydrogens (tertiary/aromatic N) is 1. The fourth-order valence-electron chi connectivity index (χ4n) is 4.00. The molecule has 0 saturated carbocycles. The molecule has 1 aromatic heterocycles. The number of hydrogen-bond donors (Lipinski definition) is 1. The van der Waals surface area contributed by atoms with E-state index >= 15 is 0 Å². The Hall–Kier alpha value is -3.06. The van der Waals surface area contributed by atoms with Gasteiger partial charge in [0.25, 0.3) is 5.91 Å². The minimum atomic E-state index is -4.44. The number of alkyl halides is 3. The average Bonchev–Trinajstić information content (AvgIpc) is 3.26. The van der Waals surface area contributed by atoms with Crippen molar-refractivity contribution in [2.24, 2.45) is 0 Å². The highest BCUT2D eigenvalue weighted by Gasteiger charge is 2.31. The van der Waals surface area contributed by atoms with E-state index < -0.39 is 11.7 Å². The molecule has 0 aliphatic carbocycles. The van der Waals surface area contributed by atoms with Crippen LogP contribution in [0, 0.1) is 6.92 Å². The van der Waals surface area contributed by atoms with E-state index in [9.17, 15) is 18.0 Å². The van der Waals surface area contributed by atoms with Gasteiger partial charge in [0.05, 0.1) is 5.56 Å².